The summed E-state index contributed by atoms with van der Waals surface area (Å²) in [5.74, 6) is -1.13. The average Bonchev–Trinajstić information content (AvgIpc) is 2.22. The number of halogens is 1. The van der Waals surface area contributed by atoms with Gasteiger partial charge in [0, 0.05) is 6.07 Å². The molecule has 0 aliphatic carbocycles. The molecule has 0 amide bonds. The first-order chi connectivity index (χ1) is 7.63. The van der Waals surface area contributed by atoms with E-state index in [1.165, 1.54) is 12.1 Å². The summed E-state index contributed by atoms with van der Waals surface area (Å²) in [7, 11) is 0. The zero-order valence-electron chi connectivity index (χ0n) is 9.20. The highest BCUT2D eigenvalue weighted by atomic mass is 19.1. The van der Waals surface area contributed by atoms with Crippen LogP contribution >= 0.6 is 0 Å². The number of unbranched alkanes of at least 4 members (excludes halogenated alkanes) is 1. The second kappa shape index (κ2) is 6.10. The number of carboxylic acid groups (broad SMARTS) is 1. The molecule has 0 radical (unpaired) electrons. The van der Waals surface area contributed by atoms with E-state index >= 15 is 0 Å². The first kappa shape index (κ1) is 12.5. The topological polar surface area (TPSA) is 46.5 Å². The number of carboxylic acids is 1. The van der Waals surface area contributed by atoms with Crippen molar-refractivity contribution in [2.45, 2.75) is 26.2 Å². The third-order valence-corrected chi connectivity index (χ3v) is 2.13. The molecule has 1 N–H and O–H groups in total. The highest BCUT2D eigenvalue weighted by Gasteiger charge is 2.07. The number of carbonyl (C=O) groups is 1. The van der Waals surface area contributed by atoms with E-state index in [1.54, 1.807) is 6.07 Å². The molecule has 0 spiro atoms. The van der Waals surface area contributed by atoms with Crippen LogP contribution in [0.25, 0.3) is 0 Å². The van der Waals surface area contributed by atoms with Crippen LogP contribution in [0.4, 0.5) is 4.39 Å². The third-order valence-electron chi connectivity index (χ3n) is 2.13. The Balaban J connectivity index is 2.63. The van der Waals surface area contributed by atoms with Gasteiger partial charge < -0.3 is 9.84 Å². The highest BCUT2D eigenvalue weighted by Crippen LogP contribution is 2.17. The number of rotatable bonds is 6. The number of hydrogen-bond acceptors (Lipinski definition) is 2. The van der Waals surface area contributed by atoms with Crippen LogP contribution in [-0.2, 0) is 11.2 Å². The fraction of sp³-hybridized carbons (Fsp3) is 0.417. The molecule has 0 unspecified atom stereocenters. The Hall–Kier alpha value is -1.58. The van der Waals surface area contributed by atoms with E-state index in [0.717, 1.165) is 12.8 Å². The van der Waals surface area contributed by atoms with E-state index in [4.69, 9.17) is 9.84 Å². The van der Waals surface area contributed by atoms with Gasteiger partial charge in [-0.1, -0.05) is 19.4 Å². The molecule has 16 heavy (non-hydrogen) atoms. The van der Waals surface area contributed by atoms with Gasteiger partial charge in [-0.2, -0.15) is 0 Å². The Bertz CT molecular complexity index is 363. The van der Waals surface area contributed by atoms with Gasteiger partial charge in [-0.05, 0) is 18.1 Å². The second-order valence-electron chi connectivity index (χ2n) is 3.53. The SMILES string of the molecule is CCCCOc1ccc(CC(=O)O)c(F)c1. The van der Waals surface area contributed by atoms with Gasteiger partial charge in [-0.15, -0.1) is 0 Å². The van der Waals surface area contributed by atoms with Crippen molar-refractivity contribution >= 4 is 5.97 Å². The standard InChI is InChI=1S/C12H15FO3/c1-2-3-6-16-10-5-4-9(7-12(14)15)11(13)8-10/h4-5,8H,2-3,6-7H2,1H3,(H,14,15). The van der Waals surface area contributed by atoms with Crippen molar-refractivity contribution in [2.24, 2.45) is 0 Å². The maximum atomic E-state index is 13.4. The number of hydrogen-bond donors (Lipinski definition) is 1. The average molecular weight is 226 g/mol. The van der Waals surface area contributed by atoms with Crippen LogP contribution in [0.3, 0.4) is 0 Å². The largest absolute Gasteiger partial charge is 0.493 e. The van der Waals surface area contributed by atoms with Gasteiger partial charge in [-0.3, -0.25) is 4.79 Å². The Kier molecular flexibility index (Phi) is 4.76. The van der Waals surface area contributed by atoms with Gasteiger partial charge in [0.15, 0.2) is 0 Å². The smallest absolute Gasteiger partial charge is 0.307 e. The molecule has 0 aliphatic heterocycles. The maximum Gasteiger partial charge on any atom is 0.307 e. The molecule has 0 bridgehead atoms. The first-order valence-corrected chi connectivity index (χ1v) is 5.26. The van der Waals surface area contributed by atoms with Crippen molar-refractivity contribution in [1.82, 2.24) is 0 Å². The summed E-state index contributed by atoms with van der Waals surface area (Å²) in [4.78, 5) is 10.4. The first-order valence-electron chi connectivity index (χ1n) is 5.26. The molecule has 1 rings (SSSR count). The molecule has 0 atom stereocenters. The normalized spacial score (nSPS) is 10.1. The zero-order chi connectivity index (χ0) is 12.0. The molecular weight excluding hydrogens is 211 g/mol. The Labute approximate surface area is 93.9 Å². The highest BCUT2D eigenvalue weighted by molar-refractivity contribution is 5.70. The van der Waals surface area contributed by atoms with Crippen LogP contribution < -0.4 is 4.74 Å². The van der Waals surface area contributed by atoms with Crippen LogP contribution in [-0.4, -0.2) is 17.7 Å². The van der Waals surface area contributed by atoms with Crippen LogP contribution in [0, 0.1) is 5.82 Å². The van der Waals surface area contributed by atoms with E-state index in [-0.39, 0.29) is 12.0 Å². The summed E-state index contributed by atoms with van der Waals surface area (Å²) in [6, 6.07) is 4.27. The molecular formula is C12H15FO3. The molecule has 0 saturated heterocycles. The van der Waals surface area contributed by atoms with Crippen LogP contribution in [0.2, 0.25) is 0 Å². The molecule has 3 nitrogen and oxygen atoms in total. The van der Waals surface area contributed by atoms with E-state index < -0.39 is 11.8 Å². The molecule has 0 heterocycles. The lowest BCUT2D eigenvalue weighted by molar-refractivity contribution is -0.136. The van der Waals surface area contributed by atoms with Gasteiger partial charge in [0.25, 0.3) is 0 Å². The maximum absolute atomic E-state index is 13.4. The van der Waals surface area contributed by atoms with Crippen molar-refractivity contribution in [3.63, 3.8) is 0 Å². The molecule has 1 aromatic carbocycles. The molecule has 4 heteroatoms. The number of benzene rings is 1. The fourth-order valence-corrected chi connectivity index (χ4v) is 1.26. The van der Waals surface area contributed by atoms with Crippen molar-refractivity contribution in [1.29, 1.82) is 0 Å². The monoisotopic (exact) mass is 226 g/mol. The van der Waals surface area contributed by atoms with Crippen LogP contribution in [0.15, 0.2) is 18.2 Å². The summed E-state index contributed by atoms with van der Waals surface area (Å²) in [5.41, 5.74) is 0.176. The molecule has 0 fully saturated rings. The van der Waals surface area contributed by atoms with E-state index in [2.05, 4.69) is 0 Å². The minimum absolute atomic E-state index is 0.176. The Morgan fingerprint density at radius 2 is 2.25 bits per heavy atom. The van der Waals surface area contributed by atoms with Gasteiger partial charge in [0.2, 0.25) is 0 Å². The Morgan fingerprint density at radius 3 is 2.81 bits per heavy atom. The minimum Gasteiger partial charge on any atom is -0.493 e. The minimum atomic E-state index is -1.04. The fourth-order valence-electron chi connectivity index (χ4n) is 1.26. The van der Waals surface area contributed by atoms with Crippen LogP contribution in [0.1, 0.15) is 25.3 Å². The quantitative estimate of drug-likeness (QED) is 0.758. The summed E-state index contributed by atoms with van der Waals surface area (Å²) >= 11 is 0. The molecule has 0 aromatic heterocycles. The summed E-state index contributed by atoms with van der Waals surface area (Å²) in [5, 5.41) is 8.54. The zero-order valence-corrected chi connectivity index (χ0v) is 9.20. The number of ether oxygens (including phenoxy) is 1. The van der Waals surface area contributed by atoms with Crippen molar-refractivity contribution in [2.75, 3.05) is 6.61 Å². The molecule has 1 aromatic rings. The van der Waals surface area contributed by atoms with Gasteiger partial charge in [-0.25, -0.2) is 4.39 Å². The lowest BCUT2D eigenvalue weighted by atomic mass is 10.1. The van der Waals surface area contributed by atoms with Crippen molar-refractivity contribution < 1.29 is 19.0 Å². The van der Waals surface area contributed by atoms with E-state index in [0.29, 0.717) is 12.4 Å². The van der Waals surface area contributed by atoms with Crippen LogP contribution in [0.5, 0.6) is 5.75 Å². The third kappa shape index (κ3) is 3.88. The lowest BCUT2D eigenvalue weighted by Gasteiger charge is -2.06. The predicted molar refractivity (Wildman–Crippen MR) is 58.1 cm³/mol. The Morgan fingerprint density at radius 1 is 1.50 bits per heavy atom. The van der Waals surface area contributed by atoms with E-state index in [9.17, 15) is 9.18 Å². The molecule has 88 valence electrons. The van der Waals surface area contributed by atoms with Crippen molar-refractivity contribution in [3.8, 4) is 5.75 Å². The van der Waals surface area contributed by atoms with Crippen molar-refractivity contribution in [3.05, 3.63) is 29.6 Å². The summed E-state index contributed by atoms with van der Waals surface area (Å²) in [6.45, 7) is 2.59. The summed E-state index contributed by atoms with van der Waals surface area (Å²) in [6.07, 6.45) is 1.62. The predicted octanol–water partition coefficient (Wildman–Crippen LogP) is 2.63. The van der Waals surface area contributed by atoms with Gasteiger partial charge in [0.1, 0.15) is 11.6 Å². The lowest BCUT2D eigenvalue weighted by Crippen LogP contribution is -2.03. The van der Waals surface area contributed by atoms with Gasteiger partial charge in [0.05, 0.1) is 13.0 Å². The van der Waals surface area contributed by atoms with E-state index in [1.807, 2.05) is 6.92 Å². The number of aliphatic carboxylic acids is 1. The second-order valence-corrected chi connectivity index (χ2v) is 3.53. The molecule has 0 aliphatic rings. The van der Waals surface area contributed by atoms with Gasteiger partial charge >= 0.3 is 5.97 Å². The summed E-state index contributed by atoms with van der Waals surface area (Å²) < 4.78 is 18.7. The molecule has 0 saturated carbocycles.